The number of hydrogen-bond acceptors (Lipinski definition) is 5. The number of anilines is 2. The third-order valence-electron chi connectivity index (χ3n) is 4.95. The molecule has 1 aliphatic rings. The molecule has 32 heavy (non-hydrogen) atoms. The molecular formula is C22H22FN5O4. The van der Waals surface area contributed by atoms with Gasteiger partial charge in [-0.15, -0.1) is 0 Å². The van der Waals surface area contributed by atoms with E-state index in [1.165, 1.54) is 18.2 Å². The van der Waals surface area contributed by atoms with E-state index in [2.05, 4.69) is 26.1 Å². The first-order chi connectivity index (χ1) is 15.5. The maximum absolute atomic E-state index is 14.2. The van der Waals surface area contributed by atoms with Crippen molar-refractivity contribution in [3.8, 4) is 11.5 Å². The molecule has 0 saturated carbocycles. The van der Waals surface area contributed by atoms with E-state index in [0.717, 1.165) is 17.7 Å². The number of H-pyrrole nitrogens is 1. The molecule has 0 radical (unpaired) electrons. The number of aromatic nitrogens is 2. The van der Waals surface area contributed by atoms with Crippen LogP contribution in [0, 0.1) is 12.7 Å². The molecule has 9 nitrogen and oxygen atoms in total. The summed E-state index contributed by atoms with van der Waals surface area (Å²) in [6.07, 6.45) is 3.23. The lowest BCUT2D eigenvalue weighted by Crippen LogP contribution is -2.30. The van der Waals surface area contributed by atoms with Crippen molar-refractivity contribution in [2.45, 2.75) is 19.8 Å². The lowest BCUT2D eigenvalue weighted by Gasteiger charge is -2.11. The summed E-state index contributed by atoms with van der Waals surface area (Å²) in [5, 5.41) is 14.7. The first kappa shape index (κ1) is 21.2. The highest BCUT2D eigenvalue weighted by molar-refractivity contribution is 6.05. The van der Waals surface area contributed by atoms with Gasteiger partial charge in [-0.25, -0.2) is 9.18 Å². The van der Waals surface area contributed by atoms with Crippen LogP contribution in [0.4, 0.5) is 20.6 Å². The Hall–Kier alpha value is -4.08. The van der Waals surface area contributed by atoms with Gasteiger partial charge in [0.05, 0.1) is 11.9 Å². The van der Waals surface area contributed by atoms with E-state index in [-0.39, 0.29) is 12.5 Å². The number of hydrogen-bond donors (Lipinski definition) is 4. The highest BCUT2D eigenvalue weighted by atomic mass is 19.1. The van der Waals surface area contributed by atoms with E-state index in [1.54, 1.807) is 24.4 Å². The van der Waals surface area contributed by atoms with Crippen molar-refractivity contribution >= 4 is 23.3 Å². The molecule has 0 fully saturated rings. The van der Waals surface area contributed by atoms with Crippen molar-refractivity contribution in [1.29, 1.82) is 0 Å². The standard InChI is InChI=1S/C22H22FN5O4/c1-13-15(11-25-28-13)3-2-8-24-22(30)27-18-10-16(5-6-17(18)23)26-21(29)14-4-7-19-20(9-14)32-12-31-19/h4-7,9-11H,2-3,8,12H2,1H3,(H,25,28)(H,26,29)(H2,24,27,30). The van der Waals surface area contributed by atoms with Gasteiger partial charge in [0.1, 0.15) is 5.82 Å². The Labute approximate surface area is 183 Å². The third-order valence-corrected chi connectivity index (χ3v) is 4.95. The predicted octanol–water partition coefficient (Wildman–Crippen LogP) is 3.59. The Balaban J connectivity index is 1.31. The molecule has 0 spiro atoms. The second kappa shape index (κ2) is 9.38. The van der Waals surface area contributed by atoms with E-state index in [4.69, 9.17) is 9.47 Å². The molecule has 0 unspecified atom stereocenters. The molecule has 4 N–H and O–H groups in total. The maximum Gasteiger partial charge on any atom is 0.319 e. The van der Waals surface area contributed by atoms with Gasteiger partial charge in [-0.05, 0) is 61.7 Å². The van der Waals surface area contributed by atoms with Crippen LogP contribution in [0.25, 0.3) is 0 Å². The van der Waals surface area contributed by atoms with Crippen molar-refractivity contribution in [3.63, 3.8) is 0 Å². The minimum absolute atomic E-state index is 0.0448. The molecule has 2 heterocycles. The molecule has 10 heteroatoms. The number of amides is 3. The molecule has 0 atom stereocenters. The topological polar surface area (TPSA) is 117 Å². The van der Waals surface area contributed by atoms with E-state index in [1.807, 2.05) is 6.92 Å². The molecule has 1 aromatic heterocycles. The van der Waals surface area contributed by atoms with Crippen molar-refractivity contribution < 1.29 is 23.5 Å². The summed E-state index contributed by atoms with van der Waals surface area (Å²) in [6, 6.07) is 8.22. The fourth-order valence-electron chi connectivity index (χ4n) is 3.21. The van der Waals surface area contributed by atoms with Crippen LogP contribution in [0.5, 0.6) is 11.5 Å². The average Bonchev–Trinajstić information content (AvgIpc) is 3.41. The molecule has 3 amide bonds. The van der Waals surface area contributed by atoms with Crippen LogP contribution >= 0.6 is 0 Å². The number of carbonyl (C=O) groups is 2. The fraction of sp³-hybridized carbons (Fsp3) is 0.227. The van der Waals surface area contributed by atoms with Crippen molar-refractivity contribution in [1.82, 2.24) is 15.5 Å². The van der Waals surface area contributed by atoms with Gasteiger partial charge in [-0.2, -0.15) is 5.10 Å². The Morgan fingerprint density at radius 2 is 1.97 bits per heavy atom. The number of nitrogens with zero attached hydrogens (tertiary/aromatic N) is 1. The Kier molecular flexibility index (Phi) is 6.20. The molecule has 0 bridgehead atoms. The van der Waals surface area contributed by atoms with Gasteiger partial charge in [0, 0.05) is 23.5 Å². The van der Waals surface area contributed by atoms with Crippen LogP contribution in [0.15, 0.2) is 42.6 Å². The summed E-state index contributed by atoms with van der Waals surface area (Å²) >= 11 is 0. The second-order valence-corrected chi connectivity index (χ2v) is 7.22. The van der Waals surface area contributed by atoms with Gasteiger partial charge in [-0.3, -0.25) is 9.89 Å². The van der Waals surface area contributed by atoms with Crippen molar-refractivity contribution in [2.75, 3.05) is 24.0 Å². The van der Waals surface area contributed by atoms with Crippen LogP contribution in [0.1, 0.15) is 28.0 Å². The van der Waals surface area contributed by atoms with Gasteiger partial charge >= 0.3 is 6.03 Å². The predicted molar refractivity (Wildman–Crippen MR) is 116 cm³/mol. The molecule has 2 aromatic carbocycles. The fourth-order valence-corrected chi connectivity index (χ4v) is 3.21. The summed E-state index contributed by atoms with van der Waals surface area (Å²) in [4.78, 5) is 24.7. The van der Waals surface area contributed by atoms with Crippen molar-refractivity contribution in [2.24, 2.45) is 0 Å². The normalized spacial score (nSPS) is 11.8. The molecular weight excluding hydrogens is 417 g/mol. The molecule has 0 aliphatic carbocycles. The highest BCUT2D eigenvalue weighted by Crippen LogP contribution is 2.32. The van der Waals surface area contributed by atoms with Crippen LogP contribution < -0.4 is 25.4 Å². The number of rotatable bonds is 7. The first-order valence-electron chi connectivity index (χ1n) is 10.0. The first-order valence-corrected chi connectivity index (χ1v) is 10.0. The monoisotopic (exact) mass is 439 g/mol. The second-order valence-electron chi connectivity index (χ2n) is 7.22. The number of halogens is 1. The number of ether oxygens (including phenoxy) is 2. The number of benzene rings is 2. The van der Waals surface area contributed by atoms with Crippen LogP contribution in [-0.2, 0) is 6.42 Å². The van der Waals surface area contributed by atoms with Gasteiger partial charge in [0.2, 0.25) is 6.79 Å². The van der Waals surface area contributed by atoms with E-state index < -0.39 is 17.8 Å². The minimum atomic E-state index is -0.616. The van der Waals surface area contributed by atoms with E-state index in [0.29, 0.717) is 35.7 Å². The highest BCUT2D eigenvalue weighted by Gasteiger charge is 2.17. The lowest BCUT2D eigenvalue weighted by atomic mass is 10.1. The SMILES string of the molecule is Cc1[nH]ncc1CCCNC(=O)Nc1cc(NC(=O)c2ccc3c(c2)OCO3)ccc1F. The van der Waals surface area contributed by atoms with Gasteiger partial charge in [0.15, 0.2) is 11.5 Å². The number of aryl methyl sites for hydroxylation is 2. The molecule has 0 saturated heterocycles. The summed E-state index contributed by atoms with van der Waals surface area (Å²) < 4.78 is 24.7. The minimum Gasteiger partial charge on any atom is -0.454 e. The zero-order valence-electron chi connectivity index (χ0n) is 17.3. The average molecular weight is 439 g/mol. The number of aromatic amines is 1. The summed E-state index contributed by atoms with van der Waals surface area (Å²) in [5.41, 5.74) is 2.73. The largest absolute Gasteiger partial charge is 0.454 e. The smallest absolute Gasteiger partial charge is 0.319 e. The molecule has 166 valence electrons. The zero-order valence-corrected chi connectivity index (χ0v) is 17.3. The van der Waals surface area contributed by atoms with Crippen LogP contribution in [0.2, 0.25) is 0 Å². The van der Waals surface area contributed by atoms with E-state index in [9.17, 15) is 14.0 Å². The van der Waals surface area contributed by atoms with Crippen LogP contribution in [0.3, 0.4) is 0 Å². The Morgan fingerprint density at radius 1 is 1.12 bits per heavy atom. The van der Waals surface area contributed by atoms with Crippen LogP contribution in [-0.4, -0.2) is 35.5 Å². The number of fused-ring (bicyclic) bond motifs is 1. The lowest BCUT2D eigenvalue weighted by molar-refractivity contribution is 0.102. The Bertz CT molecular complexity index is 1150. The maximum atomic E-state index is 14.2. The third kappa shape index (κ3) is 4.97. The Morgan fingerprint density at radius 3 is 2.78 bits per heavy atom. The molecule has 1 aliphatic heterocycles. The van der Waals surface area contributed by atoms with Gasteiger partial charge in [-0.1, -0.05) is 0 Å². The summed E-state index contributed by atoms with van der Waals surface area (Å²) in [6.45, 7) is 2.46. The summed E-state index contributed by atoms with van der Waals surface area (Å²) in [7, 11) is 0. The molecule has 4 rings (SSSR count). The number of carbonyl (C=O) groups excluding carboxylic acids is 2. The van der Waals surface area contributed by atoms with Gasteiger partial charge < -0.3 is 25.4 Å². The number of nitrogens with one attached hydrogen (secondary N) is 4. The summed E-state index contributed by atoms with van der Waals surface area (Å²) in [5.74, 6) is 0.0366. The molecule has 3 aromatic rings. The number of urea groups is 1. The van der Waals surface area contributed by atoms with Gasteiger partial charge in [0.25, 0.3) is 5.91 Å². The zero-order chi connectivity index (χ0) is 22.5. The van der Waals surface area contributed by atoms with Crippen molar-refractivity contribution in [3.05, 3.63) is 65.2 Å². The quantitative estimate of drug-likeness (QED) is 0.420. The van der Waals surface area contributed by atoms with E-state index >= 15 is 0 Å².